The quantitative estimate of drug-likeness (QED) is 0.577. The Bertz CT molecular complexity index is 391. The minimum atomic E-state index is -4.29. The third-order valence-corrected chi connectivity index (χ3v) is 3.85. The monoisotopic (exact) mass is 291 g/mol. The van der Waals surface area contributed by atoms with Gasteiger partial charge in [-0.2, -0.15) is 13.2 Å². The Labute approximate surface area is 117 Å². The van der Waals surface area contributed by atoms with Gasteiger partial charge in [0.2, 0.25) is 0 Å². The number of thioether (sulfide) groups is 1. The van der Waals surface area contributed by atoms with Crippen LogP contribution >= 0.6 is 11.8 Å². The van der Waals surface area contributed by atoms with E-state index in [1.807, 2.05) is 0 Å². The fourth-order valence-corrected chi connectivity index (χ4v) is 2.75. The van der Waals surface area contributed by atoms with Crippen LogP contribution in [-0.2, 0) is 12.7 Å². The van der Waals surface area contributed by atoms with E-state index in [4.69, 9.17) is 0 Å². The zero-order valence-corrected chi connectivity index (χ0v) is 12.1. The van der Waals surface area contributed by atoms with Gasteiger partial charge >= 0.3 is 6.18 Å². The maximum absolute atomic E-state index is 13.0. The predicted molar refractivity (Wildman–Crippen MR) is 74.5 cm³/mol. The number of rotatable bonds is 7. The van der Waals surface area contributed by atoms with E-state index in [1.165, 1.54) is 17.8 Å². The Balaban J connectivity index is 2.80. The van der Waals surface area contributed by atoms with E-state index in [9.17, 15) is 13.2 Å². The molecule has 0 unspecified atom stereocenters. The van der Waals surface area contributed by atoms with Gasteiger partial charge in [-0.3, -0.25) is 0 Å². The van der Waals surface area contributed by atoms with Gasteiger partial charge in [0.1, 0.15) is 0 Å². The van der Waals surface area contributed by atoms with Crippen LogP contribution in [0, 0.1) is 0 Å². The molecule has 0 atom stereocenters. The lowest BCUT2D eigenvalue weighted by atomic mass is 10.1. The largest absolute Gasteiger partial charge is 0.416 e. The summed E-state index contributed by atoms with van der Waals surface area (Å²) in [6, 6.07) is 4.61. The van der Waals surface area contributed by atoms with Crippen molar-refractivity contribution in [2.24, 2.45) is 0 Å². The number of benzene rings is 1. The highest BCUT2D eigenvalue weighted by atomic mass is 32.2. The van der Waals surface area contributed by atoms with Crippen LogP contribution in [-0.4, -0.2) is 12.8 Å². The Hall–Kier alpha value is -0.680. The lowest BCUT2D eigenvalue weighted by Crippen LogP contribution is -2.14. The molecule has 0 heterocycles. The van der Waals surface area contributed by atoms with Crippen molar-refractivity contribution < 1.29 is 13.2 Å². The molecule has 0 saturated carbocycles. The van der Waals surface area contributed by atoms with Crippen LogP contribution in [0.1, 0.15) is 37.3 Å². The maximum Gasteiger partial charge on any atom is 0.416 e. The van der Waals surface area contributed by atoms with Gasteiger partial charge in [0.15, 0.2) is 0 Å². The Morgan fingerprint density at radius 2 is 1.95 bits per heavy atom. The summed E-state index contributed by atoms with van der Waals surface area (Å²) in [6.45, 7) is 2.34. The van der Waals surface area contributed by atoms with Gasteiger partial charge in [0.05, 0.1) is 5.56 Å². The summed E-state index contributed by atoms with van der Waals surface area (Å²) < 4.78 is 38.9. The zero-order valence-electron chi connectivity index (χ0n) is 11.3. The fraction of sp³-hybridized carbons (Fsp3) is 0.571. The summed E-state index contributed by atoms with van der Waals surface area (Å²) in [5, 5.41) is 2.77. The second kappa shape index (κ2) is 7.80. The molecule has 0 radical (unpaired) electrons. The van der Waals surface area contributed by atoms with Crippen molar-refractivity contribution >= 4 is 11.8 Å². The van der Waals surface area contributed by atoms with Crippen molar-refractivity contribution in [3.8, 4) is 0 Å². The Morgan fingerprint density at radius 3 is 2.53 bits per heavy atom. The van der Waals surface area contributed by atoms with Crippen LogP contribution in [0.4, 0.5) is 13.2 Å². The molecule has 0 fully saturated rings. The molecule has 0 aliphatic carbocycles. The van der Waals surface area contributed by atoms with E-state index >= 15 is 0 Å². The molecule has 1 aromatic rings. The molecule has 19 heavy (non-hydrogen) atoms. The second-order valence-electron chi connectivity index (χ2n) is 4.40. The lowest BCUT2D eigenvalue weighted by Gasteiger charge is -2.14. The van der Waals surface area contributed by atoms with E-state index in [-0.39, 0.29) is 6.54 Å². The summed E-state index contributed by atoms with van der Waals surface area (Å²) in [7, 11) is 1.65. The van der Waals surface area contributed by atoms with Gasteiger partial charge in [0.25, 0.3) is 0 Å². The van der Waals surface area contributed by atoms with Gasteiger partial charge in [0, 0.05) is 11.4 Å². The van der Waals surface area contributed by atoms with Gasteiger partial charge in [-0.1, -0.05) is 25.8 Å². The van der Waals surface area contributed by atoms with Crippen molar-refractivity contribution in [3.05, 3.63) is 29.3 Å². The first-order chi connectivity index (χ1) is 8.99. The minimum Gasteiger partial charge on any atom is -0.316 e. The summed E-state index contributed by atoms with van der Waals surface area (Å²) in [6.07, 6.45) is -1.00. The molecule has 1 rings (SSSR count). The van der Waals surface area contributed by atoms with E-state index in [0.29, 0.717) is 10.5 Å². The smallest absolute Gasteiger partial charge is 0.316 e. The maximum atomic E-state index is 13.0. The summed E-state index contributed by atoms with van der Waals surface area (Å²) >= 11 is 1.50. The summed E-state index contributed by atoms with van der Waals surface area (Å²) in [5.41, 5.74) is -0.227. The number of unbranched alkanes of at least 4 members (excludes halogenated alkanes) is 2. The minimum absolute atomic E-state index is 0.232. The van der Waals surface area contributed by atoms with Crippen LogP contribution in [0.25, 0.3) is 0 Å². The van der Waals surface area contributed by atoms with Crippen molar-refractivity contribution in [3.63, 3.8) is 0 Å². The lowest BCUT2D eigenvalue weighted by molar-refractivity contribution is -0.138. The molecule has 108 valence electrons. The topological polar surface area (TPSA) is 12.0 Å². The van der Waals surface area contributed by atoms with Crippen LogP contribution in [0.15, 0.2) is 23.1 Å². The highest BCUT2D eigenvalue weighted by Crippen LogP contribution is 2.35. The van der Waals surface area contributed by atoms with Crippen molar-refractivity contribution in [1.29, 1.82) is 0 Å². The number of hydrogen-bond acceptors (Lipinski definition) is 2. The number of alkyl halides is 3. The molecule has 0 aromatic heterocycles. The Kier molecular flexibility index (Phi) is 6.72. The molecule has 0 aliphatic rings. The third kappa shape index (κ3) is 5.45. The SMILES string of the molecule is CCCCCSc1ccc(CNC)c(C(F)(F)F)c1. The van der Waals surface area contributed by atoms with Crippen LogP contribution < -0.4 is 5.32 Å². The molecule has 0 spiro atoms. The van der Waals surface area contributed by atoms with E-state index in [2.05, 4.69) is 12.2 Å². The van der Waals surface area contributed by atoms with Gasteiger partial charge in [-0.25, -0.2) is 0 Å². The normalized spacial score (nSPS) is 11.8. The van der Waals surface area contributed by atoms with E-state index in [0.717, 1.165) is 25.0 Å². The average Bonchev–Trinajstić information content (AvgIpc) is 2.35. The number of hydrogen-bond donors (Lipinski definition) is 1. The second-order valence-corrected chi connectivity index (χ2v) is 5.57. The number of halogens is 3. The highest BCUT2D eigenvalue weighted by molar-refractivity contribution is 7.99. The predicted octanol–water partition coefficient (Wildman–Crippen LogP) is 4.71. The van der Waals surface area contributed by atoms with Crippen LogP contribution in [0.2, 0.25) is 0 Å². The zero-order chi connectivity index (χ0) is 14.3. The molecule has 0 aliphatic heterocycles. The molecule has 5 heteroatoms. The first-order valence-electron chi connectivity index (χ1n) is 6.46. The molecule has 0 bridgehead atoms. The first-order valence-corrected chi connectivity index (χ1v) is 7.45. The molecule has 1 nitrogen and oxygen atoms in total. The van der Waals surface area contributed by atoms with Crippen LogP contribution in [0.3, 0.4) is 0 Å². The first kappa shape index (κ1) is 16.4. The molecule has 0 amide bonds. The summed E-state index contributed by atoms with van der Waals surface area (Å²) in [4.78, 5) is 0.697. The highest BCUT2D eigenvalue weighted by Gasteiger charge is 2.33. The van der Waals surface area contributed by atoms with Gasteiger partial charge in [-0.05, 0) is 36.9 Å². The fourth-order valence-electron chi connectivity index (χ4n) is 1.80. The van der Waals surface area contributed by atoms with Crippen molar-refractivity contribution in [1.82, 2.24) is 5.32 Å². The molecular formula is C14H20F3NS. The summed E-state index contributed by atoms with van der Waals surface area (Å²) in [5.74, 6) is 0.872. The van der Waals surface area contributed by atoms with Crippen molar-refractivity contribution in [2.75, 3.05) is 12.8 Å². The van der Waals surface area contributed by atoms with E-state index < -0.39 is 11.7 Å². The van der Waals surface area contributed by atoms with Crippen molar-refractivity contribution in [2.45, 2.75) is 43.8 Å². The number of nitrogens with one attached hydrogen (secondary N) is 1. The molecule has 0 saturated heterocycles. The molecular weight excluding hydrogens is 271 g/mol. The Morgan fingerprint density at radius 1 is 1.21 bits per heavy atom. The average molecular weight is 291 g/mol. The van der Waals surface area contributed by atoms with Crippen LogP contribution in [0.5, 0.6) is 0 Å². The van der Waals surface area contributed by atoms with Gasteiger partial charge in [-0.15, -0.1) is 11.8 Å². The van der Waals surface area contributed by atoms with E-state index in [1.54, 1.807) is 19.2 Å². The standard InChI is InChI=1S/C14H20F3NS/c1-3-4-5-8-19-12-7-6-11(10-18-2)13(9-12)14(15,16)17/h6-7,9,18H,3-5,8,10H2,1-2H3. The third-order valence-electron chi connectivity index (χ3n) is 2.77. The molecule has 1 N–H and O–H groups in total. The van der Waals surface area contributed by atoms with Gasteiger partial charge < -0.3 is 5.32 Å². The molecule has 1 aromatic carbocycles.